The zero-order chi connectivity index (χ0) is 88.3. The number of rotatable bonds is 19. The number of hydrogen-bond donors (Lipinski definition) is 5. The molecular formula is C92H90ClFN12O6S12. The van der Waals surface area contributed by atoms with Crippen LogP contribution in [0, 0.1) is 48.3 Å². The first-order valence-electron chi connectivity index (χ1n) is 39.1. The summed E-state index contributed by atoms with van der Waals surface area (Å²) in [6, 6.07) is 52.7. The summed E-state index contributed by atoms with van der Waals surface area (Å²) >= 11 is 47.5. The fourth-order valence-corrected chi connectivity index (χ4v) is 22.1. The van der Waals surface area contributed by atoms with E-state index in [0.29, 0.717) is 80.5 Å². The van der Waals surface area contributed by atoms with Crippen molar-refractivity contribution >= 4 is 172 Å². The topological polar surface area (TPSA) is 211 Å². The van der Waals surface area contributed by atoms with Gasteiger partial charge >= 0.3 is 0 Å². The molecule has 124 heavy (non-hydrogen) atoms. The largest absolute Gasteiger partial charge is 0.507 e. The molecule has 0 aliphatic carbocycles. The average molecular weight is 1900 g/mol. The molecule has 4 fully saturated rings. The van der Waals surface area contributed by atoms with Crippen LogP contribution in [0.25, 0.3) is 22.5 Å². The number of phenolic OH excluding ortho intramolecular Hbond substituents is 1. The van der Waals surface area contributed by atoms with E-state index in [9.17, 15) is 29.9 Å². The molecule has 5 N–H and O–H groups in total. The number of thiocarbonyl (C=S) groups is 4. The second kappa shape index (κ2) is 43.7. The first-order chi connectivity index (χ1) is 59.6. The van der Waals surface area contributed by atoms with E-state index in [2.05, 4.69) is 106 Å². The number of ether oxygens (including phenoxy) is 1. The SMILES string of the molecule is CCCn1c(-c2cccnc2)csc1=S.COc1cc(C)ccc1-c1csc(=S)n1Cc1cccnc1.Cc1ccc(C)c(C2(O)CSC(=S)N2Cc2cccnc2)c1.Cc1ccc(F)cc1C1(O)CSC(=S)N1Cc1cccnc1.Cc1ccccc1C1(O)CSC(=S)N1Cc1cccnc1.Oc1ccc(Cl)cc1C1(O)CSC(=S)N1Cc1cccnc1. The lowest BCUT2D eigenvalue weighted by atomic mass is 9.95. The molecule has 0 bridgehead atoms. The smallest absolute Gasteiger partial charge is 0.179 e. The van der Waals surface area contributed by atoms with Gasteiger partial charge < -0.3 is 59.0 Å². The van der Waals surface area contributed by atoms with Crippen LogP contribution in [0.3, 0.4) is 0 Å². The maximum absolute atomic E-state index is 13.6. The lowest BCUT2D eigenvalue weighted by Crippen LogP contribution is -2.44. The van der Waals surface area contributed by atoms with Crippen LogP contribution in [0.15, 0.2) is 255 Å². The summed E-state index contributed by atoms with van der Waals surface area (Å²) in [7, 11) is 1.70. The molecule has 4 aliphatic heterocycles. The standard InChI is InChI=1S/C17H16N2OS2.C17H18N2OS2.C16H15FN2OS2.C16H16N2OS2.C15H13ClN2O2S2.C11H12N2S2/c1-12-5-6-14(16(8-12)20-2)15-11-22-17(21)19(15)10-13-4-3-7-18-9-13;1-12-5-6-13(2)15(8-12)17(20)11-22-16(21)19(17)10-14-4-3-7-18-9-14;1-11-4-5-13(17)7-14(11)16(20)10-22-15(21)19(16)9-12-3-2-6-18-8-12;1-12-5-2-3-7-14(12)16(19)11-21-15(20)18(16)10-13-6-4-8-17-9-13;16-11-3-4-13(19)12(6-11)15(20)9-22-14(21)18(15)8-10-2-1-5-17-7-10;1-2-6-13-10(8-15-11(13)14)9-4-3-5-12-7-9/h3-9,11H,10H2,1-2H3;3-9,20H,10-11H2,1-2H3;2-8,20H,9-10H2,1H3;2-9,19H,10-11H2,1H3;1-7,19-20H,8-9H2;3-5,7-8H,2,6H2,1H3. The van der Waals surface area contributed by atoms with Gasteiger partial charge in [0, 0.05) is 156 Å². The van der Waals surface area contributed by atoms with Gasteiger partial charge in [-0.15, -0.1) is 22.7 Å². The summed E-state index contributed by atoms with van der Waals surface area (Å²) in [6.45, 7) is 15.8. The van der Waals surface area contributed by atoms with Gasteiger partial charge in [0.1, 0.15) is 34.6 Å². The van der Waals surface area contributed by atoms with E-state index < -0.39 is 22.9 Å². The zero-order valence-electron chi connectivity index (χ0n) is 68.7. The van der Waals surface area contributed by atoms with Gasteiger partial charge in [0.15, 0.2) is 30.8 Å². The van der Waals surface area contributed by atoms with E-state index in [4.69, 9.17) is 89.6 Å². The third kappa shape index (κ3) is 23.0. The summed E-state index contributed by atoms with van der Waals surface area (Å²) < 4.78 is 27.9. The number of hydrogen-bond acceptors (Lipinski definition) is 24. The first-order valence-corrected chi connectivity index (χ1v) is 47.6. The van der Waals surface area contributed by atoms with Crippen molar-refractivity contribution in [3.63, 3.8) is 0 Å². The molecule has 4 saturated heterocycles. The number of thiazole rings is 2. The van der Waals surface area contributed by atoms with Crippen LogP contribution in [0.1, 0.15) is 91.2 Å². The van der Waals surface area contributed by atoms with E-state index in [0.717, 1.165) is 113 Å². The van der Waals surface area contributed by atoms with Crippen molar-refractivity contribution in [2.45, 2.75) is 110 Å². The number of benzene rings is 5. The highest BCUT2D eigenvalue weighted by atomic mass is 35.5. The number of halogens is 2. The minimum Gasteiger partial charge on any atom is -0.507 e. The lowest BCUT2D eigenvalue weighted by Gasteiger charge is -2.35. The molecule has 13 aromatic rings. The molecule has 17 rings (SSSR count). The van der Waals surface area contributed by atoms with Gasteiger partial charge in [-0.05, 0) is 200 Å². The molecular weight excluding hydrogens is 1810 g/mol. The zero-order valence-corrected chi connectivity index (χ0v) is 79.2. The Kier molecular flexibility index (Phi) is 33.3. The number of nitrogens with zero attached hydrogens (tertiary/aromatic N) is 12. The van der Waals surface area contributed by atoms with Crippen molar-refractivity contribution in [1.29, 1.82) is 0 Å². The molecule has 0 amide bonds. The molecule has 0 saturated carbocycles. The van der Waals surface area contributed by atoms with E-state index in [-0.39, 0.29) is 11.6 Å². The van der Waals surface area contributed by atoms with Crippen LogP contribution in [0.2, 0.25) is 5.02 Å². The second-order valence-electron chi connectivity index (χ2n) is 29.3. The van der Waals surface area contributed by atoms with E-state index in [1.54, 1.807) is 107 Å². The number of aromatic nitrogens is 8. The van der Waals surface area contributed by atoms with Gasteiger partial charge in [-0.2, -0.15) is 0 Å². The Labute approximate surface area is 783 Å². The Morgan fingerprint density at radius 2 is 0.815 bits per heavy atom. The summed E-state index contributed by atoms with van der Waals surface area (Å²) in [4.78, 5) is 32.0. The van der Waals surface area contributed by atoms with Crippen molar-refractivity contribution in [2.75, 3.05) is 30.1 Å². The Balaban J connectivity index is 0.000000136. The van der Waals surface area contributed by atoms with E-state index in [1.165, 1.54) is 76.5 Å². The van der Waals surface area contributed by atoms with Gasteiger partial charge in [0.05, 0.1) is 48.1 Å². The summed E-state index contributed by atoms with van der Waals surface area (Å²) in [5.41, 5.74) is 12.8. The summed E-state index contributed by atoms with van der Waals surface area (Å²) in [5.74, 6) is 2.32. The number of pyridine rings is 6. The summed E-state index contributed by atoms with van der Waals surface area (Å²) in [5, 5.41) is 59.7. The molecule has 0 spiro atoms. The molecule has 8 aromatic heterocycles. The monoisotopic (exact) mass is 1900 g/mol. The molecule has 640 valence electrons. The van der Waals surface area contributed by atoms with Gasteiger partial charge in [0.25, 0.3) is 0 Å². The minimum atomic E-state index is -1.40. The molecule has 4 atom stereocenters. The predicted molar refractivity (Wildman–Crippen MR) is 526 cm³/mol. The molecule has 12 heterocycles. The van der Waals surface area contributed by atoms with Crippen LogP contribution in [0.5, 0.6) is 11.5 Å². The highest BCUT2D eigenvalue weighted by Crippen LogP contribution is 2.47. The quantitative estimate of drug-likeness (QED) is 0.0477. The van der Waals surface area contributed by atoms with Gasteiger partial charge in [-0.3, -0.25) is 29.9 Å². The third-order valence-electron chi connectivity index (χ3n) is 20.6. The fourth-order valence-electron chi connectivity index (χ4n) is 14.2. The van der Waals surface area contributed by atoms with Crippen LogP contribution in [-0.4, -0.2) is 132 Å². The van der Waals surface area contributed by atoms with Crippen LogP contribution >= 0.6 is 155 Å². The van der Waals surface area contributed by atoms with Crippen molar-refractivity contribution < 1.29 is 34.7 Å². The van der Waals surface area contributed by atoms with Crippen molar-refractivity contribution in [1.82, 2.24) is 58.6 Å². The number of thioether (sulfide) groups is 4. The third-order valence-corrected chi connectivity index (χ3v) is 29.7. The average Bonchev–Trinajstić information content (AvgIpc) is 1.63. The minimum absolute atomic E-state index is 0.00612. The fraction of sp³-hybridized carbons (Fsp3) is 0.239. The maximum atomic E-state index is 13.6. The second-order valence-corrected chi connectivity index (χ2v) is 39.2. The molecule has 4 aliphatic rings. The molecule has 32 heteroatoms. The highest BCUT2D eigenvalue weighted by molar-refractivity contribution is 8.24. The van der Waals surface area contributed by atoms with Crippen LogP contribution in [-0.2, 0) is 62.2 Å². The Hall–Kier alpha value is -8.68. The van der Waals surface area contributed by atoms with Gasteiger partial charge in [0.2, 0.25) is 0 Å². The predicted octanol–water partition coefficient (Wildman–Crippen LogP) is 21.2. The Morgan fingerprint density at radius 3 is 1.26 bits per heavy atom. The van der Waals surface area contributed by atoms with Crippen LogP contribution < -0.4 is 4.74 Å². The van der Waals surface area contributed by atoms with Crippen LogP contribution in [0.4, 0.5) is 4.39 Å². The van der Waals surface area contributed by atoms with Gasteiger partial charge in [-0.1, -0.05) is 205 Å². The molecule has 0 radical (unpaired) electrons. The lowest BCUT2D eigenvalue weighted by molar-refractivity contribution is -0.0526. The number of aryl methyl sites for hydroxylation is 5. The van der Waals surface area contributed by atoms with Gasteiger partial charge in [-0.25, -0.2) is 4.39 Å². The number of aromatic hydroxyl groups is 1. The Bertz CT molecular complexity index is 5690. The van der Waals surface area contributed by atoms with E-state index in [1.807, 2.05) is 153 Å². The molecule has 5 aromatic carbocycles. The summed E-state index contributed by atoms with van der Waals surface area (Å²) in [6.07, 6.45) is 22.4. The van der Waals surface area contributed by atoms with E-state index >= 15 is 0 Å². The maximum Gasteiger partial charge on any atom is 0.179 e. The Morgan fingerprint density at radius 1 is 0.419 bits per heavy atom. The molecule has 4 unspecified atom stereocenters. The van der Waals surface area contributed by atoms with Crippen molar-refractivity contribution in [3.05, 3.63) is 352 Å². The number of aliphatic hydroxyl groups is 4. The highest BCUT2D eigenvalue weighted by Gasteiger charge is 2.49. The number of methoxy groups -OCH3 is 1. The van der Waals surface area contributed by atoms with Crippen molar-refractivity contribution in [3.8, 4) is 34.0 Å². The normalized spacial score (nSPS) is 18.2. The molecule has 18 nitrogen and oxygen atoms in total. The van der Waals surface area contributed by atoms with Crippen molar-refractivity contribution in [2.24, 2.45) is 0 Å². The first kappa shape index (κ1) is 94.5. The number of phenols is 1.